The average molecular weight is 319 g/mol. The zero-order valence-electron chi connectivity index (χ0n) is 11.3. The molecule has 3 nitrogen and oxygen atoms in total. The van der Waals surface area contributed by atoms with E-state index < -0.39 is 0 Å². The van der Waals surface area contributed by atoms with Gasteiger partial charge in [0.2, 0.25) is 0 Å². The fourth-order valence-electron chi connectivity index (χ4n) is 2.39. The molecule has 0 saturated carbocycles. The van der Waals surface area contributed by atoms with Crippen LogP contribution < -0.4 is 5.56 Å². The second-order valence-corrected chi connectivity index (χ2v) is 5.40. The largest absolute Gasteiger partial charge is 0.268 e. The number of rotatable bonds is 2. The van der Waals surface area contributed by atoms with E-state index in [-0.39, 0.29) is 11.4 Å². The maximum absolute atomic E-state index is 12.9. The Morgan fingerprint density at radius 3 is 2.62 bits per heavy atom. The van der Waals surface area contributed by atoms with Crippen LogP contribution in [0.15, 0.2) is 47.3 Å². The number of para-hydroxylation sites is 1. The number of alkyl halides is 1. The Morgan fingerprint density at radius 1 is 1.14 bits per heavy atom. The van der Waals surface area contributed by atoms with Gasteiger partial charge in [0.15, 0.2) is 0 Å². The molecular weight excluding hydrogens is 307 g/mol. The molecule has 106 valence electrons. The summed E-state index contributed by atoms with van der Waals surface area (Å²) in [4.78, 5) is 17.3. The molecule has 2 aromatic carbocycles. The van der Waals surface area contributed by atoms with E-state index in [1.807, 2.05) is 31.2 Å². The topological polar surface area (TPSA) is 34.9 Å². The molecule has 3 rings (SSSR count). The van der Waals surface area contributed by atoms with Gasteiger partial charge in [-0.05, 0) is 30.7 Å². The summed E-state index contributed by atoms with van der Waals surface area (Å²) in [7, 11) is 0. The number of hydrogen-bond donors (Lipinski definition) is 0. The van der Waals surface area contributed by atoms with E-state index in [2.05, 4.69) is 4.98 Å². The van der Waals surface area contributed by atoms with Crippen LogP contribution in [0.3, 0.4) is 0 Å². The van der Waals surface area contributed by atoms with Crippen LogP contribution in [0.2, 0.25) is 5.02 Å². The Balaban J connectivity index is 2.48. The van der Waals surface area contributed by atoms with Gasteiger partial charge in [-0.15, -0.1) is 11.6 Å². The fourth-order valence-corrected chi connectivity index (χ4v) is 2.82. The van der Waals surface area contributed by atoms with Crippen molar-refractivity contribution < 1.29 is 0 Å². The summed E-state index contributed by atoms with van der Waals surface area (Å²) in [5.74, 6) is 0.650. The van der Waals surface area contributed by atoms with Crippen molar-refractivity contribution in [1.82, 2.24) is 9.55 Å². The highest BCUT2D eigenvalue weighted by molar-refractivity contribution is 6.35. The van der Waals surface area contributed by atoms with E-state index in [1.54, 1.807) is 18.2 Å². The second-order valence-electron chi connectivity index (χ2n) is 4.72. The third-order valence-electron chi connectivity index (χ3n) is 3.39. The zero-order chi connectivity index (χ0) is 15.0. The number of aryl methyl sites for hydroxylation is 1. The molecule has 3 aromatic rings. The van der Waals surface area contributed by atoms with Crippen LogP contribution in [0.1, 0.15) is 11.4 Å². The van der Waals surface area contributed by atoms with E-state index in [1.165, 1.54) is 4.57 Å². The summed E-state index contributed by atoms with van der Waals surface area (Å²) < 4.78 is 1.54. The molecule has 0 aliphatic heterocycles. The van der Waals surface area contributed by atoms with Crippen molar-refractivity contribution >= 4 is 34.1 Å². The third kappa shape index (κ3) is 2.33. The molecule has 0 amide bonds. The van der Waals surface area contributed by atoms with Crippen LogP contribution in [0.4, 0.5) is 0 Å². The minimum atomic E-state index is -0.199. The molecule has 0 unspecified atom stereocenters. The normalized spacial score (nSPS) is 11.0. The Morgan fingerprint density at radius 2 is 1.90 bits per heavy atom. The van der Waals surface area contributed by atoms with Gasteiger partial charge in [-0.3, -0.25) is 9.36 Å². The number of halogens is 2. The van der Waals surface area contributed by atoms with Crippen LogP contribution in [0, 0.1) is 6.92 Å². The molecule has 21 heavy (non-hydrogen) atoms. The van der Waals surface area contributed by atoms with Gasteiger partial charge < -0.3 is 0 Å². The molecular formula is C16H12Cl2N2O. The van der Waals surface area contributed by atoms with Crippen molar-refractivity contribution in [3.05, 3.63) is 69.2 Å². The molecule has 0 bridgehead atoms. The molecule has 0 aliphatic carbocycles. The first kappa shape index (κ1) is 14.1. The SMILES string of the molecule is Cc1ccccc1-n1c(CCl)nc2cccc(Cl)c2c1=O. The van der Waals surface area contributed by atoms with E-state index in [0.29, 0.717) is 21.7 Å². The van der Waals surface area contributed by atoms with Gasteiger partial charge in [0.1, 0.15) is 5.82 Å². The highest BCUT2D eigenvalue weighted by Gasteiger charge is 2.15. The number of benzene rings is 2. The summed E-state index contributed by atoms with van der Waals surface area (Å²) >= 11 is 12.2. The Bertz CT molecular complexity index is 887. The van der Waals surface area contributed by atoms with Gasteiger partial charge in [0.25, 0.3) is 5.56 Å². The number of nitrogens with zero attached hydrogens (tertiary/aromatic N) is 2. The second kappa shape index (κ2) is 5.51. The van der Waals surface area contributed by atoms with Gasteiger partial charge in [-0.1, -0.05) is 35.9 Å². The smallest absolute Gasteiger partial charge is 0.267 e. The predicted molar refractivity (Wildman–Crippen MR) is 86.6 cm³/mol. The lowest BCUT2D eigenvalue weighted by Gasteiger charge is -2.14. The van der Waals surface area contributed by atoms with Crippen molar-refractivity contribution in [1.29, 1.82) is 0 Å². The molecule has 0 N–H and O–H groups in total. The van der Waals surface area contributed by atoms with Crippen molar-refractivity contribution in [3.8, 4) is 5.69 Å². The Kier molecular flexibility index (Phi) is 3.70. The van der Waals surface area contributed by atoms with E-state index in [0.717, 1.165) is 11.3 Å². The Labute approximate surface area is 131 Å². The first-order valence-electron chi connectivity index (χ1n) is 6.45. The molecule has 0 atom stereocenters. The predicted octanol–water partition coefficient (Wildman–Crippen LogP) is 4.09. The first-order valence-corrected chi connectivity index (χ1v) is 7.37. The number of hydrogen-bond acceptors (Lipinski definition) is 2. The minimum absolute atomic E-state index is 0.145. The van der Waals surface area contributed by atoms with Crippen LogP contribution in [0.5, 0.6) is 0 Å². The maximum atomic E-state index is 12.9. The van der Waals surface area contributed by atoms with E-state index in [9.17, 15) is 4.79 Å². The highest BCUT2D eigenvalue weighted by atomic mass is 35.5. The molecule has 0 aliphatic rings. The number of fused-ring (bicyclic) bond motifs is 1. The standard InChI is InChI=1S/C16H12Cl2N2O/c1-10-5-2-3-8-13(10)20-14(9-17)19-12-7-4-6-11(18)15(12)16(20)21/h2-8H,9H2,1H3. The highest BCUT2D eigenvalue weighted by Crippen LogP contribution is 2.21. The lowest BCUT2D eigenvalue weighted by Crippen LogP contribution is -2.24. The van der Waals surface area contributed by atoms with Gasteiger partial charge in [-0.25, -0.2) is 4.98 Å². The molecule has 1 aromatic heterocycles. The zero-order valence-corrected chi connectivity index (χ0v) is 12.8. The maximum Gasteiger partial charge on any atom is 0.267 e. The molecule has 0 spiro atoms. The van der Waals surface area contributed by atoms with Gasteiger partial charge >= 0.3 is 0 Å². The summed E-state index contributed by atoms with van der Waals surface area (Å²) in [6.07, 6.45) is 0. The summed E-state index contributed by atoms with van der Waals surface area (Å²) in [6, 6.07) is 12.8. The van der Waals surface area contributed by atoms with Gasteiger partial charge in [0, 0.05) is 0 Å². The summed E-state index contributed by atoms with van der Waals surface area (Å²) in [5, 5.41) is 0.810. The van der Waals surface area contributed by atoms with Crippen LogP contribution in [-0.2, 0) is 5.88 Å². The van der Waals surface area contributed by atoms with Crippen molar-refractivity contribution in [2.75, 3.05) is 0 Å². The van der Waals surface area contributed by atoms with Crippen LogP contribution in [-0.4, -0.2) is 9.55 Å². The summed E-state index contributed by atoms with van der Waals surface area (Å²) in [6.45, 7) is 1.94. The van der Waals surface area contributed by atoms with Crippen molar-refractivity contribution in [3.63, 3.8) is 0 Å². The minimum Gasteiger partial charge on any atom is -0.268 e. The van der Waals surface area contributed by atoms with Crippen molar-refractivity contribution in [2.24, 2.45) is 0 Å². The fraction of sp³-hybridized carbons (Fsp3) is 0.125. The molecule has 0 radical (unpaired) electrons. The lowest BCUT2D eigenvalue weighted by molar-refractivity contribution is 0.875. The molecule has 5 heteroatoms. The average Bonchev–Trinajstić information content (AvgIpc) is 2.48. The van der Waals surface area contributed by atoms with Gasteiger partial charge in [-0.2, -0.15) is 0 Å². The van der Waals surface area contributed by atoms with E-state index >= 15 is 0 Å². The van der Waals surface area contributed by atoms with E-state index in [4.69, 9.17) is 23.2 Å². The summed E-state index contributed by atoms with van der Waals surface area (Å²) in [5.41, 5.74) is 2.11. The number of aromatic nitrogens is 2. The molecule has 0 saturated heterocycles. The van der Waals surface area contributed by atoms with Gasteiger partial charge in [0.05, 0.1) is 27.5 Å². The monoisotopic (exact) mass is 318 g/mol. The lowest BCUT2D eigenvalue weighted by atomic mass is 10.2. The first-order chi connectivity index (χ1) is 10.1. The van der Waals surface area contributed by atoms with Crippen LogP contribution >= 0.6 is 23.2 Å². The molecule has 1 heterocycles. The van der Waals surface area contributed by atoms with Crippen LogP contribution in [0.25, 0.3) is 16.6 Å². The molecule has 0 fully saturated rings. The van der Waals surface area contributed by atoms with Crippen molar-refractivity contribution in [2.45, 2.75) is 12.8 Å². The quantitative estimate of drug-likeness (QED) is 0.667. The third-order valence-corrected chi connectivity index (χ3v) is 3.95. The Hall–Kier alpha value is -1.84.